The highest BCUT2D eigenvalue weighted by Crippen LogP contribution is 2.43. The predicted molar refractivity (Wildman–Crippen MR) is 67.6 cm³/mol. The lowest BCUT2D eigenvalue weighted by Crippen LogP contribution is -2.00. The van der Waals surface area contributed by atoms with Crippen molar-refractivity contribution in [3.05, 3.63) is 41.2 Å². The van der Waals surface area contributed by atoms with Gasteiger partial charge in [0.1, 0.15) is 5.76 Å². The predicted octanol–water partition coefficient (Wildman–Crippen LogP) is 4.68. The number of allylic oxidation sites excluding steroid dienone is 3. The molecule has 87 valence electrons. The first kappa shape index (κ1) is 11.5. The van der Waals surface area contributed by atoms with Crippen LogP contribution in [0.15, 0.2) is 35.1 Å². The summed E-state index contributed by atoms with van der Waals surface area (Å²) >= 11 is 0. The van der Waals surface area contributed by atoms with Gasteiger partial charge in [0.05, 0.1) is 0 Å². The molecule has 0 N–H and O–H groups in total. The summed E-state index contributed by atoms with van der Waals surface area (Å²) in [5, 5.41) is 0. The third-order valence-corrected chi connectivity index (χ3v) is 3.21. The summed E-state index contributed by atoms with van der Waals surface area (Å²) in [7, 11) is 0. The van der Waals surface area contributed by atoms with Crippen LogP contribution in [0.5, 0.6) is 0 Å². The average Bonchev–Trinajstić information content (AvgIpc) is 2.84. The second kappa shape index (κ2) is 5.38. The van der Waals surface area contributed by atoms with E-state index in [1.54, 1.807) is 0 Å². The highest BCUT2D eigenvalue weighted by molar-refractivity contribution is 5.55. The van der Waals surface area contributed by atoms with Crippen LogP contribution in [0.2, 0.25) is 0 Å². The first-order valence-electron chi connectivity index (χ1n) is 6.52. The van der Waals surface area contributed by atoms with Crippen LogP contribution in [0.3, 0.4) is 0 Å². The van der Waals surface area contributed by atoms with Gasteiger partial charge in [-0.1, -0.05) is 38.8 Å². The number of fused-ring (bicyclic) bond motifs is 1. The van der Waals surface area contributed by atoms with E-state index in [0.717, 1.165) is 12.2 Å². The standard InChI is InChI=1S/C15H21O/c1-3-5-8-12-13-9-7-11-15(13)16-14(12)10-6-4-2/h7,9,11H,3-6,8,10H2,1-2H3. The molecule has 0 aromatic heterocycles. The SMILES string of the molecule is CCCC[C]1OC2=CC=CC2=C1CCCC. The van der Waals surface area contributed by atoms with Crippen LogP contribution in [-0.4, -0.2) is 0 Å². The Morgan fingerprint density at radius 3 is 2.56 bits per heavy atom. The summed E-state index contributed by atoms with van der Waals surface area (Å²) in [6.45, 7) is 4.47. The molecule has 0 saturated carbocycles. The Kier molecular flexibility index (Phi) is 3.87. The lowest BCUT2D eigenvalue weighted by atomic mass is 9.96. The van der Waals surface area contributed by atoms with Crippen LogP contribution in [0.25, 0.3) is 0 Å². The normalized spacial score (nSPS) is 19.0. The highest BCUT2D eigenvalue weighted by Gasteiger charge is 2.31. The maximum atomic E-state index is 5.94. The zero-order valence-electron chi connectivity index (χ0n) is 10.4. The van der Waals surface area contributed by atoms with Gasteiger partial charge in [-0.3, -0.25) is 0 Å². The molecule has 0 spiro atoms. The van der Waals surface area contributed by atoms with Crippen molar-refractivity contribution in [2.75, 3.05) is 0 Å². The largest absolute Gasteiger partial charge is 0.478 e. The molecule has 1 heterocycles. The van der Waals surface area contributed by atoms with E-state index < -0.39 is 0 Å². The van der Waals surface area contributed by atoms with E-state index in [0.29, 0.717) is 0 Å². The van der Waals surface area contributed by atoms with Gasteiger partial charge in [0.25, 0.3) is 0 Å². The fraction of sp³-hybridized carbons (Fsp3) is 0.533. The van der Waals surface area contributed by atoms with Crippen LogP contribution in [-0.2, 0) is 4.74 Å². The van der Waals surface area contributed by atoms with Gasteiger partial charge in [-0.25, -0.2) is 0 Å². The van der Waals surface area contributed by atoms with Gasteiger partial charge in [0.2, 0.25) is 0 Å². The summed E-state index contributed by atoms with van der Waals surface area (Å²) < 4.78 is 5.94. The molecule has 1 heteroatoms. The number of hydrogen-bond donors (Lipinski definition) is 0. The van der Waals surface area contributed by atoms with E-state index in [9.17, 15) is 0 Å². The van der Waals surface area contributed by atoms with Crippen molar-refractivity contribution < 1.29 is 4.74 Å². The Morgan fingerprint density at radius 2 is 1.81 bits per heavy atom. The van der Waals surface area contributed by atoms with E-state index in [1.807, 2.05) is 0 Å². The Balaban J connectivity index is 2.07. The second-order valence-electron chi connectivity index (χ2n) is 4.51. The maximum absolute atomic E-state index is 5.94. The van der Waals surface area contributed by atoms with Crippen molar-refractivity contribution in [3.63, 3.8) is 0 Å². The zero-order valence-corrected chi connectivity index (χ0v) is 10.4. The minimum atomic E-state index is 1.08. The van der Waals surface area contributed by atoms with E-state index in [4.69, 9.17) is 4.74 Å². The number of rotatable bonds is 6. The van der Waals surface area contributed by atoms with Crippen molar-refractivity contribution in [2.45, 2.75) is 52.4 Å². The van der Waals surface area contributed by atoms with Gasteiger partial charge in [0, 0.05) is 5.57 Å². The maximum Gasteiger partial charge on any atom is 0.174 e. The fourth-order valence-electron chi connectivity index (χ4n) is 2.25. The molecular weight excluding hydrogens is 196 g/mol. The average molecular weight is 217 g/mol. The minimum absolute atomic E-state index is 1.08. The van der Waals surface area contributed by atoms with E-state index in [1.165, 1.54) is 49.4 Å². The molecule has 2 aliphatic rings. The Labute approximate surface area is 98.9 Å². The van der Waals surface area contributed by atoms with Gasteiger partial charge < -0.3 is 4.74 Å². The van der Waals surface area contributed by atoms with Crippen molar-refractivity contribution in [3.8, 4) is 0 Å². The molecule has 0 atom stereocenters. The topological polar surface area (TPSA) is 9.23 Å². The number of ether oxygens (including phenoxy) is 1. The molecule has 1 aliphatic heterocycles. The smallest absolute Gasteiger partial charge is 0.174 e. The van der Waals surface area contributed by atoms with E-state index >= 15 is 0 Å². The molecule has 0 unspecified atom stereocenters. The molecule has 0 fully saturated rings. The molecule has 2 rings (SSSR count). The Hall–Kier alpha value is -0.980. The summed E-state index contributed by atoms with van der Waals surface area (Å²) in [5.74, 6) is 1.08. The molecular formula is C15H21O. The zero-order chi connectivity index (χ0) is 11.4. The number of hydrogen-bond acceptors (Lipinski definition) is 1. The van der Waals surface area contributed by atoms with Gasteiger partial charge in [-0.05, 0) is 37.3 Å². The summed E-state index contributed by atoms with van der Waals surface area (Å²) in [4.78, 5) is 0. The Morgan fingerprint density at radius 1 is 1.06 bits per heavy atom. The molecule has 0 aromatic carbocycles. The van der Waals surface area contributed by atoms with Gasteiger partial charge in [-0.2, -0.15) is 0 Å². The molecule has 1 nitrogen and oxygen atoms in total. The molecule has 16 heavy (non-hydrogen) atoms. The van der Waals surface area contributed by atoms with Gasteiger partial charge in [0.15, 0.2) is 6.10 Å². The minimum Gasteiger partial charge on any atom is -0.478 e. The lowest BCUT2D eigenvalue weighted by molar-refractivity contribution is 0.252. The van der Waals surface area contributed by atoms with E-state index in [2.05, 4.69) is 32.1 Å². The highest BCUT2D eigenvalue weighted by atomic mass is 16.5. The van der Waals surface area contributed by atoms with Crippen LogP contribution in [0, 0.1) is 6.10 Å². The molecule has 1 radical (unpaired) electrons. The van der Waals surface area contributed by atoms with E-state index in [-0.39, 0.29) is 0 Å². The molecule has 0 saturated heterocycles. The first-order chi connectivity index (χ1) is 7.86. The van der Waals surface area contributed by atoms with Crippen molar-refractivity contribution in [1.82, 2.24) is 0 Å². The van der Waals surface area contributed by atoms with Gasteiger partial charge in [-0.15, -0.1) is 0 Å². The molecule has 1 aliphatic carbocycles. The van der Waals surface area contributed by atoms with Crippen LogP contribution < -0.4 is 0 Å². The second-order valence-corrected chi connectivity index (χ2v) is 4.51. The molecule has 0 aromatic rings. The summed E-state index contributed by atoms with van der Waals surface area (Å²) in [6.07, 6.45) is 14.9. The van der Waals surface area contributed by atoms with Gasteiger partial charge >= 0.3 is 0 Å². The van der Waals surface area contributed by atoms with Crippen LogP contribution >= 0.6 is 0 Å². The van der Waals surface area contributed by atoms with Crippen molar-refractivity contribution in [1.29, 1.82) is 0 Å². The van der Waals surface area contributed by atoms with Crippen molar-refractivity contribution in [2.24, 2.45) is 0 Å². The molecule has 0 amide bonds. The summed E-state index contributed by atoms with van der Waals surface area (Å²) in [6, 6.07) is 0. The third-order valence-electron chi connectivity index (χ3n) is 3.21. The van der Waals surface area contributed by atoms with Crippen LogP contribution in [0.4, 0.5) is 0 Å². The third kappa shape index (κ3) is 2.23. The summed E-state index contributed by atoms with van der Waals surface area (Å²) in [5.41, 5.74) is 2.81. The number of unbranched alkanes of at least 4 members (excludes halogenated alkanes) is 2. The fourth-order valence-corrected chi connectivity index (χ4v) is 2.25. The van der Waals surface area contributed by atoms with Crippen LogP contribution in [0.1, 0.15) is 52.4 Å². The Bertz CT molecular complexity index is 333. The molecule has 0 bridgehead atoms. The van der Waals surface area contributed by atoms with Crippen molar-refractivity contribution >= 4 is 0 Å². The lowest BCUT2D eigenvalue weighted by Gasteiger charge is -2.13. The monoisotopic (exact) mass is 217 g/mol. The quantitative estimate of drug-likeness (QED) is 0.627. The first-order valence-corrected chi connectivity index (χ1v) is 6.52.